The van der Waals surface area contributed by atoms with Crippen LogP contribution in [0.5, 0.6) is 17.2 Å². The van der Waals surface area contributed by atoms with E-state index in [0.29, 0.717) is 23.2 Å². The van der Waals surface area contributed by atoms with Crippen molar-refractivity contribution in [2.75, 3.05) is 0 Å². The number of carboxylic acid groups (broad SMARTS) is 1. The van der Waals surface area contributed by atoms with Crippen molar-refractivity contribution in [2.24, 2.45) is 5.92 Å². The van der Waals surface area contributed by atoms with Crippen LogP contribution in [0, 0.1) is 5.92 Å². The molecule has 2 aromatic carbocycles. The van der Waals surface area contributed by atoms with Gasteiger partial charge in [-0.2, -0.15) is 0 Å². The zero-order valence-electron chi connectivity index (χ0n) is 15.7. The highest BCUT2D eigenvalue weighted by Gasteiger charge is 2.43. The minimum absolute atomic E-state index is 0.184. The van der Waals surface area contributed by atoms with E-state index in [1.165, 1.54) is 5.57 Å². The van der Waals surface area contributed by atoms with E-state index in [-0.39, 0.29) is 11.2 Å². The molecule has 2 atom stereocenters. The highest BCUT2D eigenvalue weighted by atomic mass is 16.5. The first-order valence-corrected chi connectivity index (χ1v) is 9.42. The van der Waals surface area contributed by atoms with E-state index >= 15 is 0 Å². The number of hydrogen-bond donors (Lipinski definition) is 1. The fraction of sp³-hybridized carbons (Fsp3) is 0.348. The van der Waals surface area contributed by atoms with Gasteiger partial charge in [-0.1, -0.05) is 29.8 Å². The number of carboxylic acids is 1. The number of benzene rings is 2. The second-order valence-electron chi connectivity index (χ2n) is 7.78. The lowest BCUT2D eigenvalue weighted by molar-refractivity contribution is 0.0419. The molecule has 2 aromatic rings. The first-order chi connectivity index (χ1) is 12.9. The van der Waals surface area contributed by atoms with Gasteiger partial charge in [-0.15, -0.1) is 0 Å². The molecule has 140 valence electrons. The van der Waals surface area contributed by atoms with Crippen LogP contribution in [-0.2, 0) is 6.42 Å². The van der Waals surface area contributed by atoms with Gasteiger partial charge in [0.15, 0.2) is 0 Å². The van der Waals surface area contributed by atoms with Gasteiger partial charge in [-0.25, -0.2) is 4.79 Å². The zero-order valence-corrected chi connectivity index (χ0v) is 15.7. The van der Waals surface area contributed by atoms with Crippen LogP contribution in [0.3, 0.4) is 0 Å². The van der Waals surface area contributed by atoms with E-state index in [4.69, 9.17) is 9.47 Å². The minimum Gasteiger partial charge on any atom is -0.486 e. The quantitative estimate of drug-likeness (QED) is 0.716. The number of rotatable bonds is 4. The molecule has 0 saturated carbocycles. The first-order valence-electron chi connectivity index (χ1n) is 9.42. The Kier molecular flexibility index (Phi) is 4.42. The van der Waals surface area contributed by atoms with Gasteiger partial charge in [0.25, 0.3) is 0 Å². The lowest BCUT2D eigenvalue weighted by Gasteiger charge is -2.35. The Labute approximate surface area is 159 Å². The lowest BCUT2D eigenvalue weighted by Crippen LogP contribution is -2.40. The molecule has 0 fully saturated rings. The van der Waals surface area contributed by atoms with Crippen molar-refractivity contribution in [1.82, 2.24) is 0 Å². The van der Waals surface area contributed by atoms with Crippen LogP contribution in [0.2, 0.25) is 0 Å². The molecule has 1 heterocycles. The topological polar surface area (TPSA) is 55.8 Å². The highest BCUT2D eigenvalue weighted by Crippen LogP contribution is 2.48. The van der Waals surface area contributed by atoms with Crippen molar-refractivity contribution in [3.05, 3.63) is 65.2 Å². The summed E-state index contributed by atoms with van der Waals surface area (Å²) in [6.07, 6.45) is 6.20. The maximum absolute atomic E-state index is 11.6. The molecule has 4 heteroatoms. The van der Waals surface area contributed by atoms with Crippen LogP contribution in [0.4, 0.5) is 0 Å². The van der Waals surface area contributed by atoms with Crippen LogP contribution in [0.1, 0.15) is 49.0 Å². The Morgan fingerprint density at radius 2 is 2.04 bits per heavy atom. The summed E-state index contributed by atoms with van der Waals surface area (Å²) >= 11 is 0. The number of carbonyl (C=O) groups is 1. The van der Waals surface area contributed by atoms with Crippen molar-refractivity contribution in [3.63, 3.8) is 0 Å². The second-order valence-corrected chi connectivity index (χ2v) is 7.78. The molecule has 4 nitrogen and oxygen atoms in total. The summed E-state index contributed by atoms with van der Waals surface area (Å²) in [7, 11) is 0. The number of allylic oxidation sites excluding steroid dienone is 2. The molecular formula is C23H24O4. The van der Waals surface area contributed by atoms with Crippen molar-refractivity contribution < 1.29 is 19.4 Å². The predicted octanol–water partition coefficient (Wildman–Crippen LogP) is 5.62. The van der Waals surface area contributed by atoms with Gasteiger partial charge in [0.1, 0.15) is 22.8 Å². The van der Waals surface area contributed by atoms with E-state index in [1.54, 1.807) is 12.1 Å². The van der Waals surface area contributed by atoms with Gasteiger partial charge in [-0.3, -0.25) is 0 Å². The number of para-hydroxylation sites is 1. The van der Waals surface area contributed by atoms with Gasteiger partial charge in [-0.05, 0) is 57.4 Å². The second kappa shape index (κ2) is 6.76. The summed E-state index contributed by atoms with van der Waals surface area (Å²) in [6.45, 7) is 4.31. The molecule has 27 heavy (non-hydrogen) atoms. The van der Waals surface area contributed by atoms with Crippen LogP contribution in [-0.4, -0.2) is 16.7 Å². The molecular weight excluding hydrogens is 340 g/mol. The summed E-state index contributed by atoms with van der Waals surface area (Å²) in [4.78, 5) is 11.6. The van der Waals surface area contributed by atoms with Gasteiger partial charge in [0.2, 0.25) is 0 Å². The fourth-order valence-corrected chi connectivity index (χ4v) is 4.10. The Morgan fingerprint density at radius 3 is 2.70 bits per heavy atom. The normalized spacial score (nSPS) is 23.9. The van der Waals surface area contributed by atoms with E-state index in [1.807, 2.05) is 30.3 Å². The highest BCUT2D eigenvalue weighted by molar-refractivity contribution is 5.89. The van der Waals surface area contributed by atoms with Crippen molar-refractivity contribution in [3.8, 4) is 17.2 Å². The fourth-order valence-electron chi connectivity index (χ4n) is 4.10. The standard InChI is InChI=1S/C23H24O4/c1-15-8-10-17(11-9-15)23(2)14-19-20(26-18-6-4-3-5-7-18)12-16(22(24)25)13-21(19)27-23/h3-8,12-13,17H,9-11,14H2,1-2H3,(H,24,25)/t17?,23-/m0/s1. The van der Waals surface area contributed by atoms with Gasteiger partial charge >= 0.3 is 5.97 Å². The third-order valence-corrected chi connectivity index (χ3v) is 5.76. The molecule has 1 unspecified atom stereocenters. The average Bonchev–Trinajstić information content (AvgIpc) is 3.01. The maximum atomic E-state index is 11.6. The molecule has 2 aliphatic rings. The van der Waals surface area contributed by atoms with E-state index in [9.17, 15) is 9.90 Å². The van der Waals surface area contributed by atoms with E-state index in [0.717, 1.165) is 31.2 Å². The van der Waals surface area contributed by atoms with Crippen LogP contribution in [0.15, 0.2) is 54.1 Å². The minimum atomic E-state index is -0.982. The molecule has 4 rings (SSSR count). The Bertz CT molecular complexity index is 900. The Hall–Kier alpha value is -2.75. The van der Waals surface area contributed by atoms with Crippen LogP contribution >= 0.6 is 0 Å². The van der Waals surface area contributed by atoms with Crippen molar-refractivity contribution in [2.45, 2.75) is 45.1 Å². The molecule has 0 amide bonds. The molecule has 0 aromatic heterocycles. The number of hydrogen-bond acceptors (Lipinski definition) is 3. The number of fused-ring (bicyclic) bond motifs is 1. The number of ether oxygens (including phenoxy) is 2. The SMILES string of the molecule is CC1=CCC([C@]2(C)Cc3c(Oc4ccccc4)cc(C(=O)O)cc3O2)CC1. The molecule has 1 N–H and O–H groups in total. The summed E-state index contributed by atoms with van der Waals surface area (Å²) < 4.78 is 12.4. The summed E-state index contributed by atoms with van der Waals surface area (Å²) in [5, 5.41) is 9.50. The summed E-state index contributed by atoms with van der Waals surface area (Å²) in [5.41, 5.74) is 2.23. The Balaban J connectivity index is 1.69. The Morgan fingerprint density at radius 1 is 1.26 bits per heavy atom. The molecule has 1 aliphatic heterocycles. The van der Waals surface area contributed by atoms with Crippen LogP contribution < -0.4 is 9.47 Å². The summed E-state index contributed by atoms with van der Waals surface area (Å²) in [6, 6.07) is 12.7. The third kappa shape index (κ3) is 3.44. The molecule has 0 bridgehead atoms. The van der Waals surface area contributed by atoms with E-state index in [2.05, 4.69) is 19.9 Å². The molecule has 0 saturated heterocycles. The van der Waals surface area contributed by atoms with E-state index < -0.39 is 5.97 Å². The molecule has 1 aliphatic carbocycles. The van der Waals surface area contributed by atoms with Crippen molar-refractivity contribution >= 4 is 5.97 Å². The monoisotopic (exact) mass is 364 g/mol. The van der Waals surface area contributed by atoms with Gasteiger partial charge in [0.05, 0.1) is 5.56 Å². The summed E-state index contributed by atoms with van der Waals surface area (Å²) in [5.74, 6) is 1.32. The molecule has 0 radical (unpaired) electrons. The predicted molar refractivity (Wildman–Crippen MR) is 104 cm³/mol. The molecule has 0 spiro atoms. The van der Waals surface area contributed by atoms with Gasteiger partial charge in [0, 0.05) is 17.9 Å². The third-order valence-electron chi connectivity index (χ3n) is 5.76. The first kappa shape index (κ1) is 17.7. The number of aromatic carboxylic acids is 1. The maximum Gasteiger partial charge on any atom is 0.335 e. The average molecular weight is 364 g/mol. The lowest BCUT2D eigenvalue weighted by atomic mass is 9.76. The van der Waals surface area contributed by atoms with Gasteiger partial charge < -0.3 is 14.6 Å². The smallest absolute Gasteiger partial charge is 0.335 e. The van der Waals surface area contributed by atoms with Crippen molar-refractivity contribution in [1.29, 1.82) is 0 Å². The van der Waals surface area contributed by atoms with Crippen LogP contribution in [0.25, 0.3) is 0 Å². The zero-order chi connectivity index (χ0) is 19.0. The largest absolute Gasteiger partial charge is 0.486 e.